The Morgan fingerprint density at radius 1 is 1.15 bits per heavy atom. The molecule has 0 spiro atoms. The number of anilines is 2. The lowest BCUT2D eigenvalue weighted by Crippen LogP contribution is -2.46. The van der Waals surface area contributed by atoms with Gasteiger partial charge in [-0.05, 0) is 37.6 Å². The van der Waals surface area contributed by atoms with E-state index in [1.807, 2.05) is 26.0 Å². The highest BCUT2D eigenvalue weighted by atomic mass is 35.5. The lowest BCUT2D eigenvalue weighted by atomic mass is 10.1. The van der Waals surface area contributed by atoms with E-state index < -0.39 is 0 Å². The van der Waals surface area contributed by atoms with E-state index in [-0.39, 0.29) is 5.91 Å². The third kappa shape index (κ3) is 4.14. The molecule has 1 N–H and O–H groups in total. The van der Waals surface area contributed by atoms with Crippen LogP contribution >= 0.6 is 11.6 Å². The van der Waals surface area contributed by atoms with Crippen LogP contribution in [0, 0.1) is 13.8 Å². The summed E-state index contributed by atoms with van der Waals surface area (Å²) in [6, 6.07) is 5.57. The van der Waals surface area contributed by atoms with Crippen LogP contribution in [-0.2, 0) is 0 Å². The fraction of sp³-hybridized carbons (Fsp3) is 0.421. The number of carbonyl (C=O) groups excluding carboxylic acids is 1. The van der Waals surface area contributed by atoms with Gasteiger partial charge in [-0.15, -0.1) is 0 Å². The molecule has 1 saturated heterocycles. The molecule has 1 fully saturated rings. The Labute approximate surface area is 159 Å². The number of nitrogens with one attached hydrogen (secondary N) is 1. The molecule has 138 valence electrons. The summed E-state index contributed by atoms with van der Waals surface area (Å²) in [6.45, 7) is 10.9. The highest BCUT2D eigenvalue weighted by molar-refractivity contribution is 6.34. The summed E-state index contributed by atoms with van der Waals surface area (Å²) in [7, 11) is 0. The number of piperazine rings is 1. The van der Waals surface area contributed by atoms with Gasteiger partial charge in [0, 0.05) is 32.2 Å². The standard InChI is InChI=1S/C19H24ClN5O/c1-4-24-5-7-25(8-6-24)17-11-16(21-12-22-17)19(26)23-18-14(3)9-13(2)10-15(18)20/h9-12H,4-8H2,1-3H3,(H,23,26). The van der Waals surface area contributed by atoms with Crippen LogP contribution in [0.5, 0.6) is 0 Å². The first-order valence-corrected chi connectivity index (χ1v) is 9.23. The minimum atomic E-state index is -0.283. The predicted octanol–water partition coefficient (Wildman–Crippen LogP) is 3.14. The number of likely N-dealkylation sites (N-methyl/N-ethyl adjacent to an activating group) is 1. The van der Waals surface area contributed by atoms with E-state index in [2.05, 4.69) is 32.0 Å². The van der Waals surface area contributed by atoms with Crippen LogP contribution in [-0.4, -0.2) is 53.5 Å². The number of aryl methyl sites for hydroxylation is 2. The van der Waals surface area contributed by atoms with Crippen molar-refractivity contribution < 1.29 is 4.79 Å². The van der Waals surface area contributed by atoms with Gasteiger partial charge in [-0.2, -0.15) is 0 Å². The largest absolute Gasteiger partial charge is 0.354 e. The summed E-state index contributed by atoms with van der Waals surface area (Å²) in [4.78, 5) is 25.7. The number of hydrogen-bond acceptors (Lipinski definition) is 5. The van der Waals surface area contributed by atoms with E-state index in [1.54, 1.807) is 6.07 Å². The molecule has 1 aromatic heterocycles. The monoisotopic (exact) mass is 373 g/mol. The molecule has 0 unspecified atom stereocenters. The zero-order chi connectivity index (χ0) is 18.7. The molecular weight excluding hydrogens is 350 g/mol. The predicted molar refractivity (Wildman–Crippen MR) is 105 cm³/mol. The molecule has 1 aliphatic heterocycles. The van der Waals surface area contributed by atoms with Crippen molar-refractivity contribution in [3.05, 3.63) is 46.4 Å². The molecule has 1 amide bonds. The Kier molecular flexibility index (Phi) is 5.74. The molecule has 26 heavy (non-hydrogen) atoms. The fourth-order valence-electron chi connectivity index (χ4n) is 3.19. The highest BCUT2D eigenvalue weighted by Gasteiger charge is 2.19. The number of hydrogen-bond donors (Lipinski definition) is 1. The van der Waals surface area contributed by atoms with Gasteiger partial charge in [-0.25, -0.2) is 9.97 Å². The van der Waals surface area contributed by atoms with Crippen LogP contribution in [0.2, 0.25) is 5.02 Å². The number of carbonyl (C=O) groups is 1. The Morgan fingerprint density at radius 2 is 1.88 bits per heavy atom. The van der Waals surface area contributed by atoms with Gasteiger partial charge in [0.05, 0.1) is 10.7 Å². The highest BCUT2D eigenvalue weighted by Crippen LogP contribution is 2.27. The van der Waals surface area contributed by atoms with Gasteiger partial charge in [0.15, 0.2) is 0 Å². The quantitative estimate of drug-likeness (QED) is 0.892. The molecule has 7 heteroatoms. The normalized spacial score (nSPS) is 15.2. The smallest absolute Gasteiger partial charge is 0.274 e. The Hall–Kier alpha value is -2.18. The summed E-state index contributed by atoms with van der Waals surface area (Å²) >= 11 is 6.29. The Morgan fingerprint density at radius 3 is 2.54 bits per heavy atom. The third-order valence-electron chi connectivity index (χ3n) is 4.70. The average Bonchev–Trinajstić information content (AvgIpc) is 2.64. The van der Waals surface area contributed by atoms with E-state index >= 15 is 0 Å². The molecule has 0 radical (unpaired) electrons. The van der Waals surface area contributed by atoms with Crippen molar-refractivity contribution in [1.29, 1.82) is 0 Å². The first kappa shape index (κ1) is 18.6. The number of nitrogens with zero attached hydrogens (tertiary/aromatic N) is 4. The van der Waals surface area contributed by atoms with Crippen molar-refractivity contribution in [1.82, 2.24) is 14.9 Å². The minimum absolute atomic E-state index is 0.283. The molecule has 2 aromatic rings. The summed E-state index contributed by atoms with van der Waals surface area (Å²) in [6.07, 6.45) is 1.44. The van der Waals surface area contributed by atoms with E-state index in [1.165, 1.54) is 6.33 Å². The fourth-order valence-corrected chi connectivity index (χ4v) is 3.56. The molecule has 1 aliphatic rings. The molecule has 0 bridgehead atoms. The second kappa shape index (κ2) is 8.01. The van der Waals surface area contributed by atoms with Crippen molar-refractivity contribution in [3.63, 3.8) is 0 Å². The van der Waals surface area contributed by atoms with Crippen LogP contribution in [0.1, 0.15) is 28.5 Å². The maximum absolute atomic E-state index is 12.7. The molecule has 3 rings (SSSR count). The first-order chi connectivity index (χ1) is 12.5. The maximum atomic E-state index is 12.7. The van der Waals surface area contributed by atoms with Crippen molar-refractivity contribution in [3.8, 4) is 0 Å². The molecule has 0 atom stereocenters. The minimum Gasteiger partial charge on any atom is -0.354 e. The molecular formula is C19H24ClN5O. The third-order valence-corrected chi connectivity index (χ3v) is 5.00. The van der Waals surface area contributed by atoms with Crippen LogP contribution in [0.3, 0.4) is 0 Å². The lowest BCUT2D eigenvalue weighted by Gasteiger charge is -2.34. The van der Waals surface area contributed by atoms with Crippen molar-refractivity contribution >= 4 is 29.0 Å². The van der Waals surface area contributed by atoms with Gasteiger partial charge in [0.2, 0.25) is 0 Å². The summed E-state index contributed by atoms with van der Waals surface area (Å²) in [5.74, 6) is 0.502. The first-order valence-electron chi connectivity index (χ1n) is 8.85. The Balaban J connectivity index is 1.75. The van der Waals surface area contributed by atoms with Crippen molar-refractivity contribution in [2.24, 2.45) is 0 Å². The van der Waals surface area contributed by atoms with Gasteiger partial charge in [-0.1, -0.05) is 24.6 Å². The van der Waals surface area contributed by atoms with Crippen LogP contribution in [0.15, 0.2) is 24.5 Å². The SMILES string of the molecule is CCN1CCN(c2cc(C(=O)Nc3c(C)cc(C)cc3Cl)ncn2)CC1. The van der Waals surface area contributed by atoms with Gasteiger partial charge in [-0.3, -0.25) is 4.79 Å². The summed E-state index contributed by atoms with van der Waals surface area (Å²) < 4.78 is 0. The number of aromatic nitrogens is 2. The van der Waals surface area contributed by atoms with Crippen LogP contribution < -0.4 is 10.2 Å². The second-order valence-corrected chi connectivity index (χ2v) is 6.98. The zero-order valence-electron chi connectivity index (χ0n) is 15.4. The second-order valence-electron chi connectivity index (χ2n) is 6.58. The molecule has 0 aliphatic carbocycles. The Bertz CT molecular complexity index is 779. The van der Waals surface area contributed by atoms with Crippen LogP contribution in [0.4, 0.5) is 11.5 Å². The number of benzene rings is 1. The number of halogens is 1. The van der Waals surface area contributed by atoms with Crippen LogP contribution in [0.25, 0.3) is 0 Å². The van der Waals surface area contributed by atoms with Gasteiger partial charge in [0.25, 0.3) is 5.91 Å². The van der Waals surface area contributed by atoms with E-state index in [0.717, 1.165) is 49.7 Å². The van der Waals surface area contributed by atoms with Gasteiger partial charge < -0.3 is 15.1 Å². The maximum Gasteiger partial charge on any atom is 0.274 e. The van der Waals surface area contributed by atoms with Crippen molar-refractivity contribution in [2.45, 2.75) is 20.8 Å². The van der Waals surface area contributed by atoms with E-state index in [4.69, 9.17) is 11.6 Å². The average molecular weight is 374 g/mol. The van der Waals surface area contributed by atoms with E-state index in [0.29, 0.717) is 16.4 Å². The topological polar surface area (TPSA) is 61.4 Å². The number of amides is 1. The molecule has 6 nitrogen and oxygen atoms in total. The summed E-state index contributed by atoms with van der Waals surface area (Å²) in [5.41, 5.74) is 2.94. The van der Waals surface area contributed by atoms with Gasteiger partial charge >= 0.3 is 0 Å². The lowest BCUT2D eigenvalue weighted by molar-refractivity contribution is 0.102. The zero-order valence-corrected chi connectivity index (χ0v) is 16.2. The molecule has 2 heterocycles. The van der Waals surface area contributed by atoms with E-state index in [9.17, 15) is 4.79 Å². The molecule has 1 aromatic carbocycles. The number of rotatable bonds is 4. The van der Waals surface area contributed by atoms with Gasteiger partial charge in [0.1, 0.15) is 17.8 Å². The summed E-state index contributed by atoms with van der Waals surface area (Å²) in [5, 5.41) is 3.41. The molecule has 0 saturated carbocycles. The van der Waals surface area contributed by atoms with Crippen molar-refractivity contribution in [2.75, 3.05) is 42.9 Å².